The van der Waals surface area contributed by atoms with Gasteiger partial charge in [-0.2, -0.15) is 0 Å². The fourth-order valence-corrected chi connectivity index (χ4v) is 1.26. The second-order valence-corrected chi connectivity index (χ2v) is 2.96. The van der Waals surface area contributed by atoms with Crippen LogP contribution < -0.4 is 9.31 Å². The average Bonchev–Trinajstić information content (AvgIpc) is 2.60. The molecule has 2 rings (SSSR count). The summed E-state index contributed by atoms with van der Waals surface area (Å²) in [6.45, 7) is 1.97. The van der Waals surface area contributed by atoms with Crippen molar-refractivity contribution in [3.63, 3.8) is 0 Å². The summed E-state index contributed by atoms with van der Waals surface area (Å²) in [7, 11) is -0.288. The Morgan fingerprint density at radius 3 is 2.29 bits per heavy atom. The predicted octanol–water partition coefficient (Wildman–Crippen LogP) is 2.62. The Balaban J connectivity index is 2.05. The van der Waals surface area contributed by atoms with Gasteiger partial charge in [0.1, 0.15) is 11.5 Å². The minimum absolute atomic E-state index is 0.288. The van der Waals surface area contributed by atoms with E-state index in [9.17, 15) is 0 Å². The summed E-state index contributed by atoms with van der Waals surface area (Å²) in [4.78, 5) is 0. The van der Waals surface area contributed by atoms with E-state index in [1.807, 2.05) is 55.4 Å². The number of hydrogen-bond acceptors (Lipinski definition) is 2. The van der Waals surface area contributed by atoms with Crippen LogP contribution in [0.15, 0.2) is 48.5 Å². The highest BCUT2D eigenvalue weighted by Gasteiger charge is 2.28. The molecule has 0 atom stereocenters. The third kappa shape index (κ3) is 1.82. The highest BCUT2D eigenvalue weighted by atomic mass is 16.6. The Morgan fingerprint density at radius 1 is 1.07 bits per heavy atom. The second-order valence-electron chi connectivity index (χ2n) is 2.96. The minimum atomic E-state index is -0.288. The molecule has 1 heterocycles. The van der Waals surface area contributed by atoms with Crippen LogP contribution in [0.5, 0.6) is 11.5 Å². The molecule has 0 spiro atoms. The van der Waals surface area contributed by atoms with Crippen LogP contribution in [0.3, 0.4) is 0 Å². The molecule has 14 heavy (non-hydrogen) atoms. The standard InChI is InChI=1S/C11H11BO2/c1-2-3-6-9-12-13-10-7-4-5-8-11(10)14-12/h2-9H,1H3/b3-2-,9-6+. The molecular formula is C11H11BO2. The van der Waals surface area contributed by atoms with Gasteiger partial charge in [0.05, 0.1) is 0 Å². The minimum Gasteiger partial charge on any atom is -0.520 e. The molecular weight excluding hydrogens is 175 g/mol. The van der Waals surface area contributed by atoms with Gasteiger partial charge in [-0.25, -0.2) is 0 Å². The molecule has 0 bridgehead atoms. The smallest absolute Gasteiger partial charge is 0.520 e. The Bertz CT molecular complexity index is 346. The summed E-state index contributed by atoms with van der Waals surface area (Å²) in [5.74, 6) is 3.49. The third-order valence-corrected chi connectivity index (χ3v) is 1.91. The van der Waals surface area contributed by atoms with E-state index in [1.54, 1.807) is 0 Å². The largest absolute Gasteiger partial charge is 0.625 e. The van der Waals surface area contributed by atoms with Crippen molar-refractivity contribution >= 4 is 7.12 Å². The first-order valence-electron chi connectivity index (χ1n) is 4.62. The summed E-state index contributed by atoms with van der Waals surface area (Å²) in [6, 6.07) is 7.66. The maximum absolute atomic E-state index is 5.51. The van der Waals surface area contributed by atoms with E-state index in [4.69, 9.17) is 9.31 Å². The molecule has 70 valence electrons. The first-order valence-corrected chi connectivity index (χ1v) is 4.62. The zero-order chi connectivity index (χ0) is 9.80. The lowest BCUT2D eigenvalue weighted by atomic mass is 9.90. The van der Waals surface area contributed by atoms with Crippen LogP contribution in [0, 0.1) is 0 Å². The molecule has 1 aromatic carbocycles. The summed E-state index contributed by atoms with van der Waals surface area (Å²) in [6.07, 6.45) is 5.81. The molecule has 1 aromatic rings. The lowest BCUT2D eigenvalue weighted by molar-refractivity contribution is 0.517. The lowest BCUT2D eigenvalue weighted by Crippen LogP contribution is -2.21. The van der Waals surface area contributed by atoms with Crippen LogP contribution in [0.1, 0.15) is 6.92 Å². The van der Waals surface area contributed by atoms with E-state index in [0.29, 0.717) is 0 Å². The molecule has 0 saturated heterocycles. The van der Waals surface area contributed by atoms with Gasteiger partial charge in [-0.1, -0.05) is 30.4 Å². The van der Waals surface area contributed by atoms with Gasteiger partial charge < -0.3 is 9.31 Å². The SMILES string of the molecule is C/C=C\C=C\B1Oc2ccccc2O1. The van der Waals surface area contributed by atoms with Crippen LogP contribution in [-0.2, 0) is 0 Å². The van der Waals surface area contributed by atoms with Gasteiger partial charge in [0, 0.05) is 0 Å². The van der Waals surface area contributed by atoms with Crippen molar-refractivity contribution in [1.29, 1.82) is 0 Å². The molecule has 0 saturated carbocycles. The number of para-hydroxylation sites is 2. The summed E-state index contributed by atoms with van der Waals surface area (Å²) in [5.41, 5.74) is 0. The summed E-state index contributed by atoms with van der Waals surface area (Å²) < 4.78 is 11.0. The van der Waals surface area contributed by atoms with Crippen molar-refractivity contribution in [2.45, 2.75) is 6.92 Å². The van der Waals surface area contributed by atoms with E-state index in [-0.39, 0.29) is 7.12 Å². The molecule has 1 aliphatic rings. The average molecular weight is 186 g/mol. The zero-order valence-corrected chi connectivity index (χ0v) is 8.01. The predicted molar refractivity (Wildman–Crippen MR) is 57.4 cm³/mol. The van der Waals surface area contributed by atoms with Crippen LogP contribution in [0.25, 0.3) is 0 Å². The number of benzene rings is 1. The van der Waals surface area contributed by atoms with E-state index in [2.05, 4.69) is 0 Å². The maximum Gasteiger partial charge on any atom is 0.625 e. The zero-order valence-electron chi connectivity index (χ0n) is 8.01. The van der Waals surface area contributed by atoms with Crippen molar-refractivity contribution in [3.05, 3.63) is 48.5 Å². The van der Waals surface area contributed by atoms with E-state index >= 15 is 0 Å². The number of hydrogen-bond donors (Lipinski definition) is 0. The molecule has 1 aliphatic heterocycles. The third-order valence-electron chi connectivity index (χ3n) is 1.91. The maximum atomic E-state index is 5.51. The van der Waals surface area contributed by atoms with Crippen molar-refractivity contribution in [2.24, 2.45) is 0 Å². The topological polar surface area (TPSA) is 18.5 Å². The molecule has 0 aromatic heterocycles. The van der Waals surface area contributed by atoms with E-state index in [0.717, 1.165) is 11.5 Å². The Hall–Kier alpha value is -1.64. The Morgan fingerprint density at radius 2 is 1.71 bits per heavy atom. The van der Waals surface area contributed by atoms with Crippen LogP contribution in [-0.4, -0.2) is 7.12 Å². The van der Waals surface area contributed by atoms with Gasteiger partial charge in [0.25, 0.3) is 0 Å². The van der Waals surface area contributed by atoms with Crippen LogP contribution >= 0.6 is 0 Å². The van der Waals surface area contributed by atoms with Crippen LogP contribution in [0.4, 0.5) is 0 Å². The van der Waals surface area contributed by atoms with Gasteiger partial charge in [-0.3, -0.25) is 0 Å². The Labute approximate surface area is 84.0 Å². The number of rotatable bonds is 2. The van der Waals surface area contributed by atoms with Gasteiger partial charge >= 0.3 is 7.12 Å². The molecule has 3 heteroatoms. The highest BCUT2D eigenvalue weighted by Crippen LogP contribution is 2.32. The van der Waals surface area contributed by atoms with E-state index < -0.39 is 0 Å². The van der Waals surface area contributed by atoms with Crippen molar-refractivity contribution in [2.75, 3.05) is 0 Å². The fourth-order valence-electron chi connectivity index (χ4n) is 1.26. The lowest BCUT2D eigenvalue weighted by Gasteiger charge is -1.95. The molecule has 0 fully saturated rings. The van der Waals surface area contributed by atoms with Gasteiger partial charge in [-0.15, -0.1) is 0 Å². The van der Waals surface area contributed by atoms with Crippen molar-refractivity contribution in [1.82, 2.24) is 0 Å². The second kappa shape index (κ2) is 4.05. The molecule has 0 N–H and O–H groups in total. The van der Waals surface area contributed by atoms with Crippen molar-refractivity contribution in [3.8, 4) is 11.5 Å². The first kappa shape index (κ1) is 8.94. The van der Waals surface area contributed by atoms with Gasteiger partial charge in [0.2, 0.25) is 0 Å². The molecule has 2 nitrogen and oxygen atoms in total. The van der Waals surface area contributed by atoms with Gasteiger partial charge in [0.15, 0.2) is 0 Å². The fraction of sp³-hybridized carbons (Fsp3) is 0.0909. The number of allylic oxidation sites excluding steroid dienone is 3. The number of fused-ring (bicyclic) bond motifs is 1. The summed E-state index contributed by atoms with van der Waals surface area (Å²) >= 11 is 0. The van der Waals surface area contributed by atoms with Crippen molar-refractivity contribution < 1.29 is 9.31 Å². The monoisotopic (exact) mass is 186 g/mol. The first-order chi connectivity index (χ1) is 6.90. The molecule has 0 unspecified atom stereocenters. The highest BCUT2D eigenvalue weighted by molar-refractivity contribution is 6.53. The molecule has 0 aliphatic carbocycles. The quantitative estimate of drug-likeness (QED) is 0.522. The van der Waals surface area contributed by atoms with Gasteiger partial charge in [-0.05, 0) is 25.0 Å². The summed E-state index contributed by atoms with van der Waals surface area (Å²) in [5, 5.41) is 0. The molecule has 0 amide bonds. The molecule has 0 radical (unpaired) electrons. The normalized spacial score (nSPS) is 14.5. The Kier molecular flexibility index (Phi) is 2.59. The van der Waals surface area contributed by atoms with E-state index in [1.165, 1.54) is 0 Å². The van der Waals surface area contributed by atoms with Crippen LogP contribution in [0.2, 0.25) is 0 Å².